The Morgan fingerprint density at radius 3 is 2.37 bits per heavy atom. The topological polar surface area (TPSA) is 39.1 Å². The van der Waals surface area contributed by atoms with E-state index in [1.54, 1.807) is 0 Å². The van der Waals surface area contributed by atoms with Crippen molar-refractivity contribution in [2.75, 3.05) is 5.01 Å². The van der Waals surface area contributed by atoms with Crippen LogP contribution in [0.2, 0.25) is 0 Å². The van der Waals surface area contributed by atoms with Gasteiger partial charge in [0.25, 0.3) is 0 Å². The number of alkyl halides is 1. The fourth-order valence-corrected chi connectivity index (χ4v) is 5.74. The van der Waals surface area contributed by atoms with Gasteiger partial charge in [-0.1, -0.05) is 83.7 Å². The van der Waals surface area contributed by atoms with Crippen molar-refractivity contribution in [1.82, 2.24) is 4.90 Å². The highest BCUT2D eigenvalue weighted by molar-refractivity contribution is 9.10. The monoisotopic (exact) mass is 465 g/mol. The van der Waals surface area contributed by atoms with Crippen LogP contribution < -0.4 is 5.01 Å². The van der Waals surface area contributed by atoms with Crippen molar-refractivity contribution in [2.45, 2.75) is 61.7 Å². The van der Waals surface area contributed by atoms with Crippen LogP contribution in [-0.2, 0) is 6.42 Å². The maximum Gasteiger partial charge on any atom is 0.175 e. The molecule has 0 spiro atoms. The number of amidine groups is 1. The first kappa shape index (κ1) is 19.7. The number of hydrogen-bond acceptors (Lipinski definition) is 4. The minimum absolute atomic E-state index is 0.303. The summed E-state index contributed by atoms with van der Waals surface area (Å²) in [5.74, 6) is 2.34. The summed E-state index contributed by atoms with van der Waals surface area (Å²) in [6.07, 6.45) is 8.36. The molecule has 2 aromatic carbocycles. The van der Waals surface area contributed by atoms with Gasteiger partial charge in [0.1, 0.15) is 5.84 Å². The van der Waals surface area contributed by atoms with E-state index in [1.807, 2.05) is 23.2 Å². The van der Waals surface area contributed by atoms with E-state index in [0.29, 0.717) is 11.8 Å². The van der Waals surface area contributed by atoms with Gasteiger partial charge in [0.2, 0.25) is 0 Å². The molecule has 5 heteroatoms. The molecule has 0 amide bonds. The van der Waals surface area contributed by atoms with Crippen LogP contribution in [0.15, 0.2) is 77.3 Å². The maximum atomic E-state index is 11.7. The number of aliphatic hydroxyl groups excluding tert-OH is 1. The molecular weight excluding hydrogens is 438 g/mol. The minimum atomic E-state index is -0.363. The lowest BCUT2D eigenvalue weighted by atomic mass is 9.87. The molecule has 3 aliphatic rings. The van der Waals surface area contributed by atoms with Crippen LogP contribution >= 0.6 is 15.9 Å². The molecule has 1 atom stereocenters. The molecule has 4 nitrogen and oxygen atoms in total. The zero-order chi connectivity index (χ0) is 20.6. The Morgan fingerprint density at radius 1 is 1.00 bits per heavy atom. The number of aliphatic hydroxyl groups is 1. The number of halogens is 1. The number of benzene rings is 2. The first-order valence-corrected chi connectivity index (χ1v) is 11.8. The third-order valence-electron chi connectivity index (χ3n) is 6.59. The van der Waals surface area contributed by atoms with Crippen molar-refractivity contribution < 1.29 is 5.11 Å². The van der Waals surface area contributed by atoms with Crippen molar-refractivity contribution in [2.24, 2.45) is 5.10 Å². The summed E-state index contributed by atoms with van der Waals surface area (Å²) in [7, 11) is 0. The first-order valence-electron chi connectivity index (χ1n) is 11.0. The number of hydrogen-bond donors (Lipinski definition) is 1. The molecular formula is C25H28BrN3O. The van der Waals surface area contributed by atoms with Gasteiger partial charge in [-0.25, -0.2) is 5.01 Å². The minimum Gasteiger partial charge on any atom is -0.507 e. The van der Waals surface area contributed by atoms with Gasteiger partial charge in [-0.05, 0) is 43.4 Å². The Bertz CT molecular complexity index is 951. The van der Waals surface area contributed by atoms with Crippen LogP contribution in [0.5, 0.6) is 0 Å². The highest BCUT2D eigenvalue weighted by atomic mass is 79.9. The summed E-state index contributed by atoms with van der Waals surface area (Å²) in [4.78, 5) is 2.31. The Morgan fingerprint density at radius 2 is 1.67 bits per heavy atom. The van der Waals surface area contributed by atoms with Crippen LogP contribution in [0.3, 0.4) is 0 Å². The second kappa shape index (κ2) is 8.10. The third kappa shape index (κ3) is 3.53. The summed E-state index contributed by atoms with van der Waals surface area (Å²) in [5.41, 5.74) is 2.32. The number of allylic oxidation sites excluding steroid dienone is 1. The molecule has 156 valence electrons. The lowest BCUT2D eigenvalue weighted by Gasteiger charge is -2.36. The fourth-order valence-electron chi connectivity index (χ4n) is 5.01. The lowest BCUT2D eigenvalue weighted by Crippen LogP contribution is -2.39. The number of anilines is 1. The van der Waals surface area contributed by atoms with Crippen LogP contribution in [-0.4, -0.2) is 26.2 Å². The zero-order valence-electron chi connectivity index (χ0n) is 17.2. The molecule has 1 saturated heterocycles. The normalized spacial score (nSPS) is 24.6. The fraction of sp³-hybridized carbons (Fsp3) is 0.400. The molecule has 0 unspecified atom stereocenters. The van der Waals surface area contributed by atoms with E-state index in [0.717, 1.165) is 62.3 Å². The van der Waals surface area contributed by atoms with Crippen LogP contribution in [0.4, 0.5) is 5.69 Å². The molecule has 0 radical (unpaired) electrons. The molecule has 2 aromatic rings. The lowest BCUT2D eigenvalue weighted by molar-refractivity contribution is 0.276. The second-order valence-corrected chi connectivity index (χ2v) is 10.1. The van der Waals surface area contributed by atoms with Crippen molar-refractivity contribution in [3.8, 4) is 0 Å². The predicted molar refractivity (Wildman–Crippen MR) is 126 cm³/mol. The van der Waals surface area contributed by atoms with E-state index >= 15 is 0 Å². The van der Waals surface area contributed by atoms with Gasteiger partial charge in [-0.15, -0.1) is 0 Å². The van der Waals surface area contributed by atoms with Gasteiger partial charge in [0, 0.05) is 12.5 Å². The number of nitrogens with zero attached hydrogens (tertiary/aromatic N) is 3. The quantitative estimate of drug-likeness (QED) is 0.422. The van der Waals surface area contributed by atoms with E-state index in [4.69, 9.17) is 5.10 Å². The summed E-state index contributed by atoms with van der Waals surface area (Å²) in [5, 5.41) is 18.6. The van der Waals surface area contributed by atoms with Gasteiger partial charge in [0.15, 0.2) is 11.6 Å². The van der Waals surface area contributed by atoms with Gasteiger partial charge in [0.05, 0.1) is 10.0 Å². The number of fused-ring (bicyclic) bond motifs is 1. The zero-order valence-corrected chi connectivity index (χ0v) is 18.8. The van der Waals surface area contributed by atoms with E-state index in [1.165, 1.54) is 12.0 Å². The molecule has 0 aromatic heterocycles. The van der Waals surface area contributed by atoms with E-state index < -0.39 is 0 Å². The number of para-hydroxylation sites is 1. The molecule has 1 saturated carbocycles. The molecule has 0 bridgehead atoms. The molecule has 2 heterocycles. The number of hydrazone groups is 1. The summed E-state index contributed by atoms with van der Waals surface area (Å²) in [6.45, 7) is 0. The smallest absolute Gasteiger partial charge is 0.175 e. The van der Waals surface area contributed by atoms with Gasteiger partial charge < -0.3 is 10.0 Å². The predicted octanol–water partition coefficient (Wildman–Crippen LogP) is 6.35. The highest BCUT2D eigenvalue weighted by Crippen LogP contribution is 2.46. The Labute approximate surface area is 187 Å². The van der Waals surface area contributed by atoms with Crippen LogP contribution in [0, 0.1) is 0 Å². The summed E-state index contributed by atoms with van der Waals surface area (Å²) in [6, 6.07) is 21.1. The van der Waals surface area contributed by atoms with E-state index in [-0.39, 0.29) is 4.32 Å². The van der Waals surface area contributed by atoms with Gasteiger partial charge in [-0.2, -0.15) is 5.10 Å². The molecule has 1 aliphatic carbocycles. The average Bonchev–Trinajstić information content (AvgIpc) is 3.35. The average molecular weight is 466 g/mol. The first-order chi connectivity index (χ1) is 14.7. The van der Waals surface area contributed by atoms with E-state index in [2.05, 4.69) is 63.3 Å². The van der Waals surface area contributed by atoms with Crippen molar-refractivity contribution in [1.29, 1.82) is 0 Å². The third-order valence-corrected chi connectivity index (χ3v) is 7.75. The van der Waals surface area contributed by atoms with Gasteiger partial charge >= 0.3 is 0 Å². The molecule has 5 rings (SSSR count). The standard InChI is InChI=1S/C25H28BrN3O/c26-25(16-8-3-9-17-25)23(30)24-28-21(18-19-10-4-1-5-11-19)14-15-22(28)27-29(24)20-12-6-2-7-13-20/h1-2,4-7,10-13,21,30H,3,8-9,14-18H2/b24-23+/t21-/m1/s1. The summed E-state index contributed by atoms with van der Waals surface area (Å²) < 4.78 is -0.363. The Balaban J connectivity index is 1.56. The van der Waals surface area contributed by atoms with Crippen molar-refractivity contribution in [3.63, 3.8) is 0 Å². The Hall–Kier alpha value is -2.27. The maximum absolute atomic E-state index is 11.7. The molecule has 2 fully saturated rings. The Kier molecular flexibility index (Phi) is 5.32. The van der Waals surface area contributed by atoms with Gasteiger partial charge in [-0.3, -0.25) is 0 Å². The van der Waals surface area contributed by atoms with Crippen LogP contribution in [0.1, 0.15) is 50.5 Å². The van der Waals surface area contributed by atoms with Crippen LogP contribution in [0.25, 0.3) is 0 Å². The summed E-state index contributed by atoms with van der Waals surface area (Å²) >= 11 is 3.94. The number of rotatable bonds is 4. The molecule has 30 heavy (non-hydrogen) atoms. The van der Waals surface area contributed by atoms with Crippen molar-refractivity contribution in [3.05, 3.63) is 77.8 Å². The SMILES string of the molecule is O/C(=C1/N(c2ccccc2)N=C2CC[C@H](Cc3ccccc3)N21)C1(Br)CCCCC1. The van der Waals surface area contributed by atoms with Crippen molar-refractivity contribution >= 4 is 27.5 Å². The second-order valence-electron chi connectivity index (χ2n) is 8.61. The van der Waals surface area contributed by atoms with E-state index in [9.17, 15) is 5.11 Å². The highest BCUT2D eigenvalue weighted by Gasteiger charge is 2.46. The molecule has 1 N–H and O–H groups in total. The molecule has 2 aliphatic heterocycles. The largest absolute Gasteiger partial charge is 0.507 e.